The summed E-state index contributed by atoms with van der Waals surface area (Å²) in [5.41, 5.74) is 2.90. The van der Waals surface area contributed by atoms with Gasteiger partial charge in [0, 0.05) is 12.1 Å². The summed E-state index contributed by atoms with van der Waals surface area (Å²) in [5, 5.41) is 18.7. The summed E-state index contributed by atoms with van der Waals surface area (Å²) in [6, 6.07) is 14.6. The van der Waals surface area contributed by atoms with Gasteiger partial charge in [-0.2, -0.15) is 15.4 Å². The molecule has 11 nitrogen and oxygen atoms in total. The van der Waals surface area contributed by atoms with E-state index >= 15 is 0 Å². The molecule has 1 aromatic heterocycles. The van der Waals surface area contributed by atoms with Gasteiger partial charge < -0.3 is 16.0 Å². The van der Waals surface area contributed by atoms with E-state index in [1.165, 1.54) is 11.1 Å². The topological polar surface area (TPSA) is 149 Å². The Morgan fingerprint density at radius 2 is 1.75 bits per heavy atom. The molecular formula is C29H35N7O4. The molecule has 0 aliphatic carbocycles. The van der Waals surface area contributed by atoms with Gasteiger partial charge in [-0.1, -0.05) is 68.8 Å². The predicted octanol–water partition coefficient (Wildman–Crippen LogP) is 1.83. The van der Waals surface area contributed by atoms with Crippen LogP contribution in [0, 0.1) is 5.92 Å². The van der Waals surface area contributed by atoms with Crippen LogP contribution in [0.4, 0.5) is 5.69 Å². The molecule has 4 N–H and O–H groups in total. The average Bonchev–Trinajstić information content (AvgIpc) is 3.63. The molecule has 11 heteroatoms. The minimum absolute atomic E-state index is 0.147. The molecule has 1 aliphatic heterocycles. The number of hydrogen-bond acceptors (Lipinski definition) is 6. The maximum absolute atomic E-state index is 13.5. The highest BCUT2D eigenvalue weighted by Gasteiger charge is 2.39. The second-order valence-corrected chi connectivity index (χ2v) is 10.0. The third kappa shape index (κ3) is 6.71. The number of nitrogens with one attached hydrogen (secondary N) is 4. The number of rotatable bonds is 11. The molecule has 0 saturated heterocycles. The summed E-state index contributed by atoms with van der Waals surface area (Å²) in [4.78, 5) is 54.1. The van der Waals surface area contributed by atoms with Gasteiger partial charge in [-0.05, 0) is 30.0 Å². The second-order valence-electron chi connectivity index (χ2n) is 10.0. The van der Waals surface area contributed by atoms with E-state index in [1.54, 1.807) is 19.1 Å². The second kappa shape index (κ2) is 13.0. The zero-order valence-electron chi connectivity index (χ0n) is 22.9. The maximum Gasteiger partial charge on any atom is 0.247 e. The van der Waals surface area contributed by atoms with Crippen molar-refractivity contribution in [3.05, 3.63) is 77.6 Å². The number of nitrogens with zero attached hydrogens (tertiary/aromatic N) is 3. The van der Waals surface area contributed by atoms with E-state index in [-0.39, 0.29) is 30.7 Å². The van der Waals surface area contributed by atoms with Crippen LogP contribution in [0.5, 0.6) is 0 Å². The van der Waals surface area contributed by atoms with Crippen LogP contribution in [0.2, 0.25) is 0 Å². The van der Waals surface area contributed by atoms with Crippen molar-refractivity contribution in [3.63, 3.8) is 0 Å². The van der Waals surface area contributed by atoms with E-state index in [0.29, 0.717) is 24.2 Å². The van der Waals surface area contributed by atoms with Gasteiger partial charge in [0.25, 0.3) is 0 Å². The fraction of sp³-hybridized carbons (Fsp3) is 0.379. The Bertz CT molecular complexity index is 1330. The van der Waals surface area contributed by atoms with Crippen molar-refractivity contribution < 1.29 is 19.2 Å². The zero-order valence-corrected chi connectivity index (χ0v) is 22.9. The summed E-state index contributed by atoms with van der Waals surface area (Å²) in [6.07, 6.45) is 2.68. The summed E-state index contributed by atoms with van der Waals surface area (Å²) in [7, 11) is 0. The van der Waals surface area contributed by atoms with E-state index in [2.05, 4.69) is 31.4 Å². The molecule has 210 valence electrons. The maximum atomic E-state index is 13.5. The van der Waals surface area contributed by atoms with Gasteiger partial charge in [-0.25, -0.2) is 0 Å². The van der Waals surface area contributed by atoms with E-state index in [0.717, 1.165) is 11.1 Å². The van der Waals surface area contributed by atoms with Crippen molar-refractivity contribution in [2.24, 2.45) is 5.92 Å². The van der Waals surface area contributed by atoms with E-state index in [9.17, 15) is 19.2 Å². The number of carbonyl (C=O) groups is 4. The molecule has 0 saturated carbocycles. The Balaban J connectivity index is 1.42. The number of H-pyrrole nitrogens is 1. The van der Waals surface area contributed by atoms with Crippen molar-refractivity contribution in [2.75, 3.05) is 11.4 Å². The van der Waals surface area contributed by atoms with Gasteiger partial charge >= 0.3 is 0 Å². The number of aromatic nitrogens is 3. The molecule has 0 spiro atoms. The number of fused-ring (bicyclic) bond motifs is 1. The number of carbonyl (C=O) groups excluding carboxylic acids is 4. The van der Waals surface area contributed by atoms with Crippen LogP contribution in [0.3, 0.4) is 0 Å². The highest BCUT2D eigenvalue weighted by Crippen LogP contribution is 2.32. The average molecular weight is 546 g/mol. The van der Waals surface area contributed by atoms with Crippen molar-refractivity contribution in [3.8, 4) is 0 Å². The first kappa shape index (κ1) is 28.5. The van der Waals surface area contributed by atoms with E-state index < -0.39 is 29.9 Å². The molecule has 2 heterocycles. The van der Waals surface area contributed by atoms with Crippen molar-refractivity contribution >= 4 is 29.3 Å². The zero-order chi connectivity index (χ0) is 28.6. The molecule has 4 atom stereocenters. The van der Waals surface area contributed by atoms with Gasteiger partial charge in [0.2, 0.25) is 23.6 Å². The van der Waals surface area contributed by atoms with Crippen molar-refractivity contribution in [1.82, 2.24) is 31.4 Å². The van der Waals surface area contributed by atoms with Crippen LogP contribution in [-0.2, 0) is 32.0 Å². The summed E-state index contributed by atoms with van der Waals surface area (Å²) in [5.74, 6) is -1.64. The number of amides is 4. The fourth-order valence-electron chi connectivity index (χ4n) is 4.77. The third-order valence-corrected chi connectivity index (χ3v) is 7.22. The lowest BCUT2D eigenvalue weighted by Gasteiger charge is -2.27. The SMILES string of the molecule is CC[C@H](C)[C@H](NC(=O)Cc1ccccc1)C(=O)NCC(=O)N1c2ccccc2C[C@H]1C(=O)NC(C)c1cn[nH]n1. The quantitative estimate of drug-likeness (QED) is 0.289. The number of anilines is 1. The van der Waals surface area contributed by atoms with E-state index in [4.69, 9.17) is 0 Å². The highest BCUT2D eigenvalue weighted by atomic mass is 16.2. The van der Waals surface area contributed by atoms with Crippen LogP contribution in [-0.4, -0.2) is 57.7 Å². The number of para-hydroxylation sites is 1. The fourth-order valence-corrected chi connectivity index (χ4v) is 4.77. The molecule has 1 aliphatic rings. The van der Waals surface area contributed by atoms with Crippen LogP contribution in [0.1, 0.15) is 50.1 Å². The summed E-state index contributed by atoms with van der Waals surface area (Å²) in [6.45, 7) is 5.27. The monoisotopic (exact) mass is 545 g/mol. The van der Waals surface area contributed by atoms with Crippen LogP contribution in [0.25, 0.3) is 0 Å². The van der Waals surface area contributed by atoms with Crippen LogP contribution < -0.4 is 20.9 Å². The molecule has 0 fully saturated rings. The Labute approximate surface area is 233 Å². The smallest absolute Gasteiger partial charge is 0.247 e. The lowest BCUT2D eigenvalue weighted by molar-refractivity contribution is -0.131. The first-order valence-corrected chi connectivity index (χ1v) is 13.5. The lowest BCUT2D eigenvalue weighted by Crippen LogP contribution is -2.54. The standard InChI is InChI=1S/C29H35N7O4/c1-4-18(2)27(33-25(37)14-20-10-6-5-7-11-20)29(40)30-17-26(38)36-23-13-9-8-12-21(23)15-24(36)28(39)32-19(3)22-16-31-35-34-22/h5-13,16,18-19,24,27H,4,14-15,17H2,1-3H3,(H,30,40)(H,32,39)(H,33,37)(H,31,34,35)/t18-,19?,24-,27-/m0/s1. The number of hydrogen-bond donors (Lipinski definition) is 4. The van der Waals surface area contributed by atoms with Gasteiger partial charge in [0.15, 0.2) is 0 Å². The largest absolute Gasteiger partial charge is 0.346 e. The Morgan fingerprint density at radius 1 is 1.02 bits per heavy atom. The Kier molecular flexibility index (Phi) is 9.26. The molecule has 4 rings (SSSR count). The van der Waals surface area contributed by atoms with Crippen molar-refractivity contribution in [1.29, 1.82) is 0 Å². The molecule has 1 unspecified atom stereocenters. The third-order valence-electron chi connectivity index (χ3n) is 7.22. The minimum Gasteiger partial charge on any atom is -0.346 e. The molecule has 3 aromatic rings. The van der Waals surface area contributed by atoms with Crippen LogP contribution in [0.15, 0.2) is 60.8 Å². The van der Waals surface area contributed by atoms with Gasteiger partial charge in [0.1, 0.15) is 17.8 Å². The molecule has 0 radical (unpaired) electrons. The normalized spacial score (nSPS) is 16.4. The van der Waals surface area contributed by atoms with Gasteiger partial charge in [-0.15, -0.1) is 0 Å². The van der Waals surface area contributed by atoms with Gasteiger partial charge in [0.05, 0.1) is 25.2 Å². The molecule has 0 bridgehead atoms. The first-order chi connectivity index (χ1) is 19.3. The molecular weight excluding hydrogens is 510 g/mol. The van der Waals surface area contributed by atoms with Crippen LogP contribution >= 0.6 is 0 Å². The molecule has 40 heavy (non-hydrogen) atoms. The van der Waals surface area contributed by atoms with E-state index in [1.807, 2.05) is 56.3 Å². The summed E-state index contributed by atoms with van der Waals surface area (Å²) < 4.78 is 0. The number of benzene rings is 2. The predicted molar refractivity (Wildman–Crippen MR) is 149 cm³/mol. The van der Waals surface area contributed by atoms with Gasteiger partial charge in [-0.3, -0.25) is 24.1 Å². The molecule has 2 aromatic carbocycles. The Morgan fingerprint density at radius 3 is 2.45 bits per heavy atom. The molecule has 4 amide bonds. The first-order valence-electron chi connectivity index (χ1n) is 13.5. The Hall–Kier alpha value is -4.54. The minimum atomic E-state index is -0.803. The summed E-state index contributed by atoms with van der Waals surface area (Å²) >= 11 is 0. The number of aromatic amines is 1. The highest BCUT2D eigenvalue weighted by molar-refractivity contribution is 6.05. The van der Waals surface area contributed by atoms with Crippen molar-refractivity contribution in [2.45, 2.75) is 58.2 Å². The lowest BCUT2D eigenvalue weighted by atomic mass is 9.98.